The third-order valence-electron chi connectivity index (χ3n) is 6.42. The Hall–Kier alpha value is -3.65. The zero-order valence-electron chi connectivity index (χ0n) is 22.5. The van der Waals surface area contributed by atoms with E-state index in [2.05, 4.69) is 0 Å². The Bertz CT molecular complexity index is 1220. The third kappa shape index (κ3) is 9.52. The number of hydrogen-bond acceptors (Lipinski definition) is 6. The molecule has 0 saturated heterocycles. The molecule has 0 heterocycles. The highest BCUT2D eigenvalue weighted by Crippen LogP contribution is 2.21. The molecule has 40 heavy (non-hydrogen) atoms. The van der Waals surface area contributed by atoms with E-state index in [9.17, 15) is 9.90 Å². The highest BCUT2D eigenvalue weighted by Gasteiger charge is 2.37. The number of ether oxygens (including phenoxy) is 4. The first-order chi connectivity index (χ1) is 19.7. The Labute approximate surface area is 236 Å². The summed E-state index contributed by atoms with van der Waals surface area (Å²) in [6.45, 7) is 0.968. The number of aliphatic hydroxyl groups is 1. The number of benzene rings is 4. The molecule has 0 aliphatic rings. The van der Waals surface area contributed by atoms with Crippen LogP contribution < -0.4 is 0 Å². The Morgan fingerprint density at radius 2 is 0.900 bits per heavy atom. The molecule has 0 radical (unpaired) electrons. The molecule has 4 aromatic carbocycles. The van der Waals surface area contributed by atoms with Crippen molar-refractivity contribution in [2.45, 2.75) is 50.8 Å². The van der Waals surface area contributed by atoms with Crippen LogP contribution in [0.5, 0.6) is 0 Å². The van der Waals surface area contributed by atoms with Gasteiger partial charge in [0.25, 0.3) is 0 Å². The highest BCUT2D eigenvalue weighted by atomic mass is 16.6. The quantitative estimate of drug-likeness (QED) is 0.178. The van der Waals surface area contributed by atoms with Crippen molar-refractivity contribution < 1.29 is 28.8 Å². The van der Waals surface area contributed by atoms with Gasteiger partial charge in [0.1, 0.15) is 24.4 Å². The first kappa shape index (κ1) is 29.3. The molecular weight excluding hydrogens is 504 g/mol. The zero-order chi connectivity index (χ0) is 27.8. The van der Waals surface area contributed by atoms with Gasteiger partial charge in [-0.1, -0.05) is 121 Å². The van der Waals surface area contributed by atoms with Gasteiger partial charge >= 0.3 is 0 Å². The van der Waals surface area contributed by atoms with Crippen LogP contribution in [0.15, 0.2) is 121 Å². The first-order valence-corrected chi connectivity index (χ1v) is 13.4. The van der Waals surface area contributed by atoms with Crippen molar-refractivity contribution >= 4 is 6.29 Å². The van der Waals surface area contributed by atoms with Gasteiger partial charge in [-0.05, 0) is 22.3 Å². The molecule has 4 atom stereocenters. The lowest BCUT2D eigenvalue weighted by atomic mass is 10.0. The summed E-state index contributed by atoms with van der Waals surface area (Å²) >= 11 is 0. The lowest BCUT2D eigenvalue weighted by molar-refractivity contribution is -0.185. The van der Waals surface area contributed by atoms with Crippen LogP contribution in [0.4, 0.5) is 0 Å². The van der Waals surface area contributed by atoms with Gasteiger partial charge in [-0.3, -0.25) is 0 Å². The predicted molar refractivity (Wildman–Crippen MR) is 153 cm³/mol. The van der Waals surface area contributed by atoms with E-state index in [-0.39, 0.29) is 26.4 Å². The van der Waals surface area contributed by atoms with Crippen LogP contribution in [0.3, 0.4) is 0 Å². The Morgan fingerprint density at radius 3 is 1.32 bits per heavy atom. The van der Waals surface area contributed by atoms with Crippen LogP contribution in [0.2, 0.25) is 0 Å². The Balaban J connectivity index is 1.53. The molecule has 6 nitrogen and oxygen atoms in total. The van der Waals surface area contributed by atoms with Crippen molar-refractivity contribution in [3.05, 3.63) is 144 Å². The molecular formula is C34H36O6. The number of aliphatic hydroxyl groups excluding tert-OH is 1. The molecule has 0 aliphatic carbocycles. The summed E-state index contributed by atoms with van der Waals surface area (Å²) in [5, 5.41) is 11.4. The maximum Gasteiger partial charge on any atom is 0.151 e. The smallest absolute Gasteiger partial charge is 0.151 e. The normalized spacial score (nSPS) is 14.2. The maximum absolute atomic E-state index is 12.4. The molecule has 208 valence electrons. The molecule has 4 aromatic rings. The van der Waals surface area contributed by atoms with Gasteiger partial charge in [0, 0.05) is 0 Å². The standard InChI is InChI=1S/C34H36O6/c35-21-32(38-23-28-15-7-2-8-16-28)34(40-25-30-19-11-4-12-20-30)33(39-24-29-17-9-3-10-18-29)31(36)26-37-22-27-13-5-1-6-14-27/h1-21,31-34,36H,22-26H2/t31-,32-,33+,34+/m0/s1. The van der Waals surface area contributed by atoms with Crippen LogP contribution in [0.25, 0.3) is 0 Å². The van der Waals surface area contributed by atoms with Crippen LogP contribution in [0, 0.1) is 0 Å². The summed E-state index contributed by atoms with van der Waals surface area (Å²) in [5.74, 6) is 0. The zero-order valence-corrected chi connectivity index (χ0v) is 22.5. The maximum atomic E-state index is 12.4. The Kier molecular flexibility index (Phi) is 12.1. The number of carbonyl (C=O) groups excluding carboxylic acids is 1. The highest BCUT2D eigenvalue weighted by molar-refractivity contribution is 5.57. The number of rotatable bonds is 17. The van der Waals surface area contributed by atoms with Crippen LogP contribution in [-0.4, -0.2) is 42.4 Å². The van der Waals surface area contributed by atoms with Gasteiger partial charge in [-0.2, -0.15) is 0 Å². The van der Waals surface area contributed by atoms with Gasteiger partial charge in [-0.25, -0.2) is 0 Å². The van der Waals surface area contributed by atoms with Crippen molar-refractivity contribution in [1.29, 1.82) is 0 Å². The van der Waals surface area contributed by atoms with E-state index in [0.29, 0.717) is 6.61 Å². The molecule has 0 amide bonds. The van der Waals surface area contributed by atoms with E-state index in [1.807, 2.05) is 121 Å². The van der Waals surface area contributed by atoms with E-state index in [1.165, 1.54) is 0 Å². The van der Waals surface area contributed by atoms with Crippen LogP contribution in [0.1, 0.15) is 22.3 Å². The number of carbonyl (C=O) groups is 1. The number of hydrogen-bond donors (Lipinski definition) is 1. The summed E-state index contributed by atoms with van der Waals surface area (Å²) in [6, 6.07) is 38.7. The van der Waals surface area contributed by atoms with E-state index in [0.717, 1.165) is 28.5 Å². The van der Waals surface area contributed by atoms with Crippen molar-refractivity contribution in [2.75, 3.05) is 6.61 Å². The van der Waals surface area contributed by atoms with Crippen LogP contribution in [-0.2, 0) is 50.2 Å². The predicted octanol–water partition coefficient (Wildman–Crippen LogP) is 5.52. The minimum absolute atomic E-state index is 0.0101. The van der Waals surface area contributed by atoms with E-state index in [1.54, 1.807) is 0 Å². The molecule has 0 aliphatic heterocycles. The SMILES string of the molecule is O=C[C@H](OCc1ccccc1)[C@@H](OCc1ccccc1)[C@H](OCc1ccccc1)[C@@H](O)COCc1ccccc1. The lowest BCUT2D eigenvalue weighted by Gasteiger charge is -2.34. The second kappa shape index (κ2) is 16.5. The molecule has 0 unspecified atom stereocenters. The molecule has 0 fully saturated rings. The fourth-order valence-corrected chi connectivity index (χ4v) is 4.28. The molecule has 6 heteroatoms. The summed E-state index contributed by atoms with van der Waals surface area (Å²) in [4.78, 5) is 12.4. The van der Waals surface area contributed by atoms with Crippen LogP contribution >= 0.6 is 0 Å². The van der Waals surface area contributed by atoms with Crippen molar-refractivity contribution in [3.8, 4) is 0 Å². The molecule has 0 aromatic heterocycles. The van der Waals surface area contributed by atoms with Gasteiger partial charge in [0.15, 0.2) is 6.29 Å². The summed E-state index contributed by atoms with van der Waals surface area (Å²) in [5.41, 5.74) is 3.77. The van der Waals surface area contributed by atoms with Gasteiger partial charge in [-0.15, -0.1) is 0 Å². The molecule has 1 N–H and O–H groups in total. The molecule has 0 saturated carbocycles. The summed E-state index contributed by atoms with van der Waals surface area (Å²) in [7, 11) is 0. The van der Waals surface area contributed by atoms with Crippen molar-refractivity contribution in [3.63, 3.8) is 0 Å². The van der Waals surface area contributed by atoms with Gasteiger partial charge in [0.2, 0.25) is 0 Å². The topological polar surface area (TPSA) is 74.2 Å². The largest absolute Gasteiger partial charge is 0.388 e. The second-order valence-electron chi connectivity index (χ2n) is 9.49. The minimum atomic E-state index is -1.09. The summed E-state index contributed by atoms with van der Waals surface area (Å²) < 4.78 is 24.5. The fraction of sp³-hybridized carbons (Fsp3) is 0.265. The monoisotopic (exact) mass is 540 g/mol. The fourth-order valence-electron chi connectivity index (χ4n) is 4.28. The second-order valence-corrected chi connectivity index (χ2v) is 9.49. The van der Waals surface area contributed by atoms with E-state index < -0.39 is 24.4 Å². The van der Waals surface area contributed by atoms with Crippen molar-refractivity contribution in [1.82, 2.24) is 0 Å². The molecule has 4 rings (SSSR count). The average Bonchev–Trinajstić information content (AvgIpc) is 3.01. The lowest BCUT2D eigenvalue weighted by Crippen LogP contribution is -2.50. The number of aldehydes is 1. The van der Waals surface area contributed by atoms with Gasteiger partial charge < -0.3 is 28.8 Å². The van der Waals surface area contributed by atoms with E-state index in [4.69, 9.17) is 18.9 Å². The Morgan fingerprint density at radius 1 is 0.525 bits per heavy atom. The van der Waals surface area contributed by atoms with Crippen molar-refractivity contribution in [2.24, 2.45) is 0 Å². The van der Waals surface area contributed by atoms with E-state index >= 15 is 0 Å². The molecule has 0 bridgehead atoms. The summed E-state index contributed by atoms with van der Waals surface area (Å²) in [6.07, 6.45) is -3.18. The molecule has 0 spiro atoms. The first-order valence-electron chi connectivity index (χ1n) is 13.4. The van der Waals surface area contributed by atoms with Gasteiger partial charge in [0.05, 0.1) is 33.0 Å². The average molecular weight is 541 g/mol. The third-order valence-corrected chi connectivity index (χ3v) is 6.42. The minimum Gasteiger partial charge on any atom is -0.388 e.